The van der Waals surface area contributed by atoms with E-state index in [9.17, 15) is 13.5 Å². The zero-order valence-electron chi connectivity index (χ0n) is 21.2. The summed E-state index contributed by atoms with van der Waals surface area (Å²) in [6, 6.07) is 7.10. The first-order valence-corrected chi connectivity index (χ1v) is 13.1. The first-order chi connectivity index (χ1) is 17.7. The molecule has 12 heteroatoms. The molecule has 0 unspecified atom stereocenters. The minimum absolute atomic E-state index is 0.119. The number of methoxy groups -OCH3 is 2. The Hall–Kier alpha value is -3.90. The quantitative estimate of drug-likeness (QED) is 0.347. The summed E-state index contributed by atoms with van der Waals surface area (Å²) in [6.45, 7) is 5.07. The molecule has 1 aromatic carbocycles. The predicted octanol–water partition coefficient (Wildman–Crippen LogP) is 2.79. The van der Waals surface area contributed by atoms with Crippen LogP contribution in [0.1, 0.15) is 35.8 Å². The van der Waals surface area contributed by atoms with Crippen LogP contribution >= 0.6 is 0 Å². The summed E-state index contributed by atoms with van der Waals surface area (Å²) in [5, 5.41) is 18.2. The molecule has 11 nitrogen and oxygen atoms in total. The first-order valence-electron chi connectivity index (χ1n) is 11.4. The molecule has 0 fully saturated rings. The Bertz CT molecular complexity index is 1480. The molecule has 0 aliphatic rings. The normalized spacial score (nSPS) is 13.2. The lowest BCUT2D eigenvalue weighted by molar-refractivity contribution is 0.170. The van der Waals surface area contributed by atoms with Crippen molar-refractivity contribution in [3.63, 3.8) is 0 Å². The van der Waals surface area contributed by atoms with E-state index in [1.165, 1.54) is 33.5 Å². The van der Waals surface area contributed by atoms with Gasteiger partial charge in [-0.3, -0.25) is 19.5 Å². The minimum Gasteiger partial charge on any atom is -0.494 e. The van der Waals surface area contributed by atoms with Gasteiger partial charge >= 0.3 is 0 Å². The van der Waals surface area contributed by atoms with E-state index in [4.69, 9.17) is 9.47 Å². The molecule has 0 bridgehead atoms. The van der Waals surface area contributed by atoms with E-state index in [0.29, 0.717) is 34.3 Å². The maximum absolute atomic E-state index is 13.5. The Morgan fingerprint density at radius 3 is 2.30 bits per heavy atom. The second-order valence-corrected chi connectivity index (χ2v) is 10.9. The molecular weight excluding hydrogens is 496 g/mol. The van der Waals surface area contributed by atoms with Crippen molar-refractivity contribution in [1.82, 2.24) is 29.7 Å². The lowest BCUT2D eigenvalue weighted by Gasteiger charge is -2.20. The lowest BCUT2D eigenvalue weighted by atomic mass is 10.2. The SMILES string of the molecule is COc1cccc(OC)c1-n1c(CS(=O)(=O)[C@H](C)[C@@H](O)c2cnc(C)cn2)nnc1-c1cncc(C)c1. The molecule has 0 saturated heterocycles. The number of aryl methyl sites for hydroxylation is 2. The topological polar surface area (TPSA) is 142 Å². The fourth-order valence-corrected chi connectivity index (χ4v) is 5.21. The Kier molecular flexibility index (Phi) is 7.50. The third-order valence-corrected chi connectivity index (χ3v) is 7.99. The second-order valence-electron chi connectivity index (χ2n) is 8.58. The number of hydrogen-bond acceptors (Lipinski definition) is 10. The lowest BCUT2D eigenvalue weighted by Crippen LogP contribution is -2.28. The van der Waals surface area contributed by atoms with E-state index in [0.717, 1.165) is 5.56 Å². The average molecular weight is 525 g/mol. The van der Waals surface area contributed by atoms with Gasteiger partial charge in [0.15, 0.2) is 21.5 Å². The van der Waals surface area contributed by atoms with Crippen molar-refractivity contribution in [3.05, 3.63) is 71.8 Å². The maximum Gasteiger partial charge on any atom is 0.170 e. The molecule has 3 heterocycles. The number of aliphatic hydroxyl groups excluding tert-OH is 1. The van der Waals surface area contributed by atoms with Crippen molar-refractivity contribution < 1.29 is 23.0 Å². The number of pyridine rings is 1. The molecule has 0 aliphatic carbocycles. The van der Waals surface area contributed by atoms with Crippen LogP contribution in [0.3, 0.4) is 0 Å². The summed E-state index contributed by atoms with van der Waals surface area (Å²) >= 11 is 0. The van der Waals surface area contributed by atoms with Crippen LogP contribution in [0.5, 0.6) is 11.5 Å². The van der Waals surface area contributed by atoms with E-state index >= 15 is 0 Å². The Balaban J connectivity index is 1.83. The van der Waals surface area contributed by atoms with Crippen molar-refractivity contribution in [2.24, 2.45) is 0 Å². The van der Waals surface area contributed by atoms with Gasteiger partial charge in [0.05, 0.1) is 37.1 Å². The van der Waals surface area contributed by atoms with Crippen LogP contribution in [-0.4, -0.2) is 62.7 Å². The Morgan fingerprint density at radius 2 is 1.70 bits per heavy atom. The predicted molar refractivity (Wildman–Crippen MR) is 136 cm³/mol. The van der Waals surface area contributed by atoms with Gasteiger partial charge in [-0.15, -0.1) is 10.2 Å². The van der Waals surface area contributed by atoms with E-state index in [1.807, 2.05) is 13.0 Å². The van der Waals surface area contributed by atoms with Crippen LogP contribution in [0.25, 0.3) is 17.1 Å². The first kappa shape index (κ1) is 26.2. The molecule has 0 amide bonds. The number of para-hydroxylation sites is 1. The highest BCUT2D eigenvalue weighted by molar-refractivity contribution is 7.91. The Labute approximate surface area is 215 Å². The molecule has 0 aliphatic heterocycles. The zero-order chi connectivity index (χ0) is 26.7. The standard InChI is InChI=1S/C25H28N6O5S/c1-15-9-18(12-26-10-15)25-30-29-22(31(25)23-20(35-4)7-6-8-21(23)36-5)14-37(33,34)17(3)24(32)19-13-27-16(2)11-28-19/h6-13,17,24,32H,14H2,1-5H3/t17-,24-/m1/s1. The molecular formula is C25H28N6O5S. The fourth-order valence-electron chi connectivity index (χ4n) is 3.86. The molecule has 37 heavy (non-hydrogen) atoms. The third-order valence-electron chi connectivity index (χ3n) is 5.93. The van der Waals surface area contributed by atoms with Crippen molar-refractivity contribution in [2.45, 2.75) is 37.9 Å². The van der Waals surface area contributed by atoms with Crippen molar-refractivity contribution in [3.8, 4) is 28.6 Å². The smallest absolute Gasteiger partial charge is 0.170 e. The highest BCUT2D eigenvalue weighted by Gasteiger charge is 2.33. The molecule has 0 radical (unpaired) electrons. The van der Waals surface area contributed by atoms with Gasteiger partial charge in [0, 0.05) is 24.2 Å². The molecule has 4 rings (SSSR count). The average Bonchev–Trinajstić information content (AvgIpc) is 3.29. The van der Waals surface area contributed by atoms with Crippen LogP contribution in [-0.2, 0) is 15.6 Å². The zero-order valence-corrected chi connectivity index (χ0v) is 22.0. The van der Waals surface area contributed by atoms with E-state index in [-0.39, 0.29) is 11.5 Å². The fraction of sp³-hybridized carbons (Fsp3) is 0.320. The number of benzene rings is 1. The van der Waals surface area contributed by atoms with Gasteiger partial charge < -0.3 is 14.6 Å². The number of nitrogens with zero attached hydrogens (tertiary/aromatic N) is 6. The Morgan fingerprint density at radius 1 is 1.00 bits per heavy atom. The van der Waals surface area contributed by atoms with E-state index < -0.39 is 26.9 Å². The van der Waals surface area contributed by atoms with Gasteiger partial charge in [-0.05, 0) is 44.5 Å². The molecule has 0 saturated carbocycles. The number of rotatable bonds is 9. The van der Waals surface area contributed by atoms with Crippen LogP contribution in [0.2, 0.25) is 0 Å². The highest BCUT2D eigenvalue weighted by Crippen LogP contribution is 2.37. The van der Waals surface area contributed by atoms with Gasteiger partial charge in [-0.2, -0.15) is 0 Å². The van der Waals surface area contributed by atoms with Gasteiger partial charge in [-0.1, -0.05) is 6.07 Å². The van der Waals surface area contributed by atoms with Crippen LogP contribution in [0.15, 0.2) is 49.1 Å². The van der Waals surface area contributed by atoms with Crippen LogP contribution in [0, 0.1) is 13.8 Å². The van der Waals surface area contributed by atoms with Gasteiger partial charge in [-0.25, -0.2) is 8.42 Å². The van der Waals surface area contributed by atoms with Gasteiger partial charge in [0.1, 0.15) is 29.0 Å². The van der Waals surface area contributed by atoms with Crippen LogP contribution in [0.4, 0.5) is 0 Å². The molecule has 2 atom stereocenters. The molecule has 1 N–H and O–H groups in total. The van der Waals surface area contributed by atoms with Crippen molar-refractivity contribution in [1.29, 1.82) is 0 Å². The third kappa shape index (κ3) is 5.30. The number of aromatic nitrogens is 6. The molecule has 3 aromatic heterocycles. The minimum atomic E-state index is -3.96. The van der Waals surface area contributed by atoms with Crippen molar-refractivity contribution >= 4 is 9.84 Å². The highest BCUT2D eigenvalue weighted by atomic mass is 32.2. The summed E-state index contributed by atoms with van der Waals surface area (Å²) in [7, 11) is -0.940. The maximum atomic E-state index is 13.5. The number of ether oxygens (including phenoxy) is 2. The molecule has 0 spiro atoms. The monoisotopic (exact) mass is 524 g/mol. The number of hydrogen-bond donors (Lipinski definition) is 1. The largest absolute Gasteiger partial charge is 0.494 e. The van der Waals surface area contributed by atoms with Crippen molar-refractivity contribution in [2.75, 3.05) is 14.2 Å². The summed E-state index contributed by atoms with van der Waals surface area (Å²) in [6.07, 6.45) is 4.80. The van der Waals surface area contributed by atoms with Gasteiger partial charge in [0.25, 0.3) is 0 Å². The van der Waals surface area contributed by atoms with E-state index in [1.54, 1.807) is 42.1 Å². The summed E-state index contributed by atoms with van der Waals surface area (Å²) in [4.78, 5) is 12.5. The van der Waals surface area contributed by atoms with E-state index in [2.05, 4.69) is 25.1 Å². The summed E-state index contributed by atoms with van der Waals surface area (Å²) < 4.78 is 39.8. The number of sulfone groups is 1. The summed E-state index contributed by atoms with van der Waals surface area (Å²) in [5.74, 6) is 0.832. The van der Waals surface area contributed by atoms with Crippen LogP contribution < -0.4 is 9.47 Å². The molecule has 4 aromatic rings. The summed E-state index contributed by atoms with van der Waals surface area (Å²) in [5.41, 5.74) is 2.79. The second kappa shape index (κ2) is 10.6. The molecule has 194 valence electrons. The number of aliphatic hydroxyl groups is 1. The van der Waals surface area contributed by atoms with Gasteiger partial charge in [0.2, 0.25) is 0 Å².